The zero-order valence-corrected chi connectivity index (χ0v) is 15.9. The lowest BCUT2D eigenvalue weighted by Crippen LogP contribution is -2.17. The number of halogens is 2. The molecule has 2 heterocycles. The average molecular weight is 418 g/mol. The Morgan fingerprint density at radius 1 is 1.04 bits per heavy atom. The number of hydrazone groups is 1. The lowest BCUT2D eigenvalue weighted by atomic mass is 10.0. The van der Waals surface area contributed by atoms with Gasteiger partial charge in [-0.1, -0.05) is 57.9 Å². The van der Waals surface area contributed by atoms with Gasteiger partial charge in [0, 0.05) is 15.8 Å². The van der Waals surface area contributed by atoms with Crippen molar-refractivity contribution in [2.24, 2.45) is 5.10 Å². The van der Waals surface area contributed by atoms with Crippen LogP contribution in [0.3, 0.4) is 0 Å². The van der Waals surface area contributed by atoms with Crippen molar-refractivity contribution in [2.75, 3.05) is 5.01 Å². The molecule has 0 saturated heterocycles. The Labute approximate surface area is 158 Å². The molecule has 1 atom stereocenters. The van der Waals surface area contributed by atoms with Crippen LogP contribution in [-0.2, 0) is 0 Å². The number of hydrogen-bond donors (Lipinski definition) is 0. The summed E-state index contributed by atoms with van der Waals surface area (Å²) >= 11 is 11.7. The summed E-state index contributed by atoms with van der Waals surface area (Å²) in [6.07, 6.45) is 0.868. The van der Waals surface area contributed by atoms with E-state index in [2.05, 4.69) is 62.7 Å². The normalized spacial score (nSPS) is 17.2. The molecule has 0 unspecified atom stereocenters. The number of nitrogens with zero attached hydrogens (tertiary/aromatic N) is 2. The van der Waals surface area contributed by atoms with Gasteiger partial charge in [-0.3, -0.25) is 5.01 Å². The molecule has 4 rings (SSSR count). The minimum atomic E-state index is 0.184. The summed E-state index contributed by atoms with van der Waals surface area (Å²) in [4.78, 5) is 1.30. The molecule has 0 bridgehead atoms. The quantitative estimate of drug-likeness (QED) is 0.473. The molecule has 0 radical (unpaired) electrons. The fraction of sp³-hybridized carbons (Fsp3) is 0.105. The number of rotatable bonds is 3. The summed E-state index contributed by atoms with van der Waals surface area (Å²) in [6.45, 7) is 0. The molecule has 24 heavy (non-hydrogen) atoms. The standard InChI is InChI=1S/C19H14BrClN2S/c20-14-9-7-13(8-10-14)16-12-18(19-6-3-11-24-19)23(22-16)17-5-2-1-4-15(17)21/h1-11,18H,12H2/t18-/m1/s1. The fourth-order valence-electron chi connectivity index (χ4n) is 2.89. The van der Waals surface area contributed by atoms with Crippen molar-refractivity contribution >= 4 is 50.3 Å². The maximum atomic E-state index is 6.43. The topological polar surface area (TPSA) is 15.6 Å². The van der Waals surface area contributed by atoms with Crippen molar-refractivity contribution in [2.45, 2.75) is 12.5 Å². The molecule has 0 saturated carbocycles. The highest BCUT2D eigenvalue weighted by molar-refractivity contribution is 9.10. The first-order valence-electron chi connectivity index (χ1n) is 7.63. The van der Waals surface area contributed by atoms with Gasteiger partial charge in [-0.2, -0.15) is 5.10 Å². The van der Waals surface area contributed by atoms with Gasteiger partial charge in [0.05, 0.1) is 22.5 Å². The van der Waals surface area contributed by atoms with E-state index in [0.29, 0.717) is 0 Å². The van der Waals surface area contributed by atoms with Crippen molar-refractivity contribution in [1.29, 1.82) is 0 Å². The Balaban J connectivity index is 1.77. The Bertz CT molecular complexity index is 875. The maximum Gasteiger partial charge on any atom is 0.0924 e. The van der Waals surface area contributed by atoms with E-state index in [1.807, 2.05) is 24.3 Å². The highest BCUT2D eigenvalue weighted by Gasteiger charge is 2.31. The zero-order chi connectivity index (χ0) is 16.5. The van der Waals surface area contributed by atoms with Crippen LogP contribution >= 0.6 is 38.9 Å². The van der Waals surface area contributed by atoms with Gasteiger partial charge in [-0.25, -0.2) is 0 Å². The first-order valence-corrected chi connectivity index (χ1v) is 9.68. The summed E-state index contributed by atoms with van der Waals surface area (Å²) in [7, 11) is 0. The molecule has 3 aromatic rings. The highest BCUT2D eigenvalue weighted by atomic mass is 79.9. The van der Waals surface area contributed by atoms with E-state index >= 15 is 0 Å². The smallest absolute Gasteiger partial charge is 0.0924 e. The van der Waals surface area contributed by atoms with Gasteiger partial charge >= 0.3 is 0 Å². The number of benzene rings is 2. The highest BCUT2D eigenvalue weighted by Crippen LogP contribution is 2.40. The van der Waals surface area contributed by atoms with E-state index in [-0.39, 0.29) is 6.04 Å². The Kier molecular flexibility index (Phi) is 4.44. The number of thiophene rings is 1. The second kappa shape index (κ2) is 6.71. The molecule has 0 aliphatic carbocycles. The van der Waals surface area contributed by atoms with Crippen LogP contribution < -0.4 is 5.01 Å². The first kappa shape index (κ1) is 15.9. The predicted octanol–water partition coefficient (Wildman–Crippen LogP) is 6.52. The van der Waals surface area contributed by atoms with Gasteiger partial charge < -0.3 is 0 Å². The molecule has 2 nitrogen and oxygen atoms in total. The van der Waals surface area contributed by atoms with Crippen LogP contribution in [0.1, 0.15) is 22.9 Å². The van der Waals surface area contributed by atoms with Gasteiger partial charge in [0.15, 0.2) is 0 Å². The van der Waals surface area contributed by atoms with Gasteiger partial charge in [0.25, 0.3) is 0 Å². The second-order valence-corrected chi connectivity index (χ2v) is 7.89. The predicted molar refractivity (Wildman–Crippen MR) is 106 cm³/mol. The van der Waals surface area contributed by atoms with E-state index in [0.717, 1.165) is 32.9 Å². The van der Waals surface area contributed by atoms with Gasteiger partial charge in [-0.15, -0.1) is 11.3 Å². The third kappa shape index (κ3) is 3.02. The first-order chi connectivity index (χ1) is 11.7. The van der Waals surface area contributed by atoms with Crippen LogP contribution in [0.4, 0.5) is 5.69 Å². The van der Waals surface area contributed by atoms with Gasteiger partial charge in [0.1, 0.15) is 0 Å². The average Bonchev–Trinajstić information content (AvgIpc) is 3.25. The van der Waals surface area contributed by atoms with Crippen molar-refractivity contribution in [3.63, 3.8) is 0 Å². The Morgan fingerprint density at radius 3 is 2.54 bits per heavy atom. The molecular formula is C19H14BrClN2S. The molecule has 0 spiro atoms. The minimum absolute atomic E-state index is 0.184. The van der Waals surface area contributed by atoms with Crippen LogP contribution in [0, 0.1) is 0 Å². The molecule has 1 aliphatic rings. The molecule has 2 aromatic carbocycles. The third-order valence-electron chi connectivity index (χ3n) is 4.06. The van der Waals surface area contributed by atoms with E-state index in [9.17, 15) is 0 Å². The van der Waals surface area contributed by atoms with Gasteiger partial charge in [0.2, 0.25) is 0 Å². The molecule has 0 fully saturated rings. The molecule has 120 valence electrons. The van der Waals surface area contributed by atoms with Crippen molar-refractivity contribution in [1.82, 2.24) is 0 Å². The van der Waals surface area contributed by atoms with E-state index in [1.54, 1.807) is 11.3 Å². The number of anilines is 1. The summed E-state index contributed by atoms with van der Waals surface area (Å²) in [5.41, 5.74) is 3.18. The van der Waals surface area contributed by atoms with Crippen LogP contribution in [0.5, 0.6) is 0 Å². The second-order valence-electron chi connectivity index (χ2n) is 5.58. The summed E-state index contributed by atoms with van der Waals surface area (Å²) in [6, 6.07) is 20.6. The summed E-state index contributed by atoms with van der Waals surface area (Å²) in [5.74, 6) is 0. The Morgan fingerprint density at radius 2 is 1.83 bits per heavy atom. The van der Waals surface area contributed by atoms with Crippen LogP contribution in [0.2, 0.25) is 5.02 Å². The molecule has 1 aliphatic heterocycles. The third-order valence-corrected chi connectivity index (χ3v) is 5.88. The summed E-state index contributed by atoms with van der Waals surface area (Å²) < 4.78 is 1.07. The monoisotopic (exact) mass is 416 g/mol. The lowest BCUT2D eigenvalue weighted by Gasteiger charge is -2.23. The van der Waals surface area contributed by atoms with Gasteiger partial charge in [-0.05, 0) is 41.3 Å². The van der Waals surface area contributed by atoms with E-state index < -0.39 is 0 Å². The van der Waals surface area contributed by atoms with Crippen molar-refractivity contribution < 1.29 is 0 Å². The molecule has 1 aromatic heterocycles. The van der Waals surface area contributed by atoms with E-state index in [4.69, 9.17) is 16.7 Å². The molecule has 0 N–H and O–H groups in total. The SMILES string of the molecule is Clc1ccccc1N1N=C(c2ccc(Br)cc2)C[C@@H]1c1cccs1. The molecule has 5 heteroatoms. The number of hydrogen-bond acceptors (Lipinski definition) is 3. The maximum absolute atomic E-state index is 6.43. The van der Waals surface area contributed by atoms with Crippen LogP contribution in [0.25, 0.3) is 0 Å². The Hall–Kier alpha value is -1.62. The zero-order valence-electron chi connectivity index (χ0n) is 12.7. The largest absolute Gasteiger partial charge is 0.255 e. The number of para-hydroxylation sites is 1. The fourth-order valence-corrected chi connectivity index (χ4v) is 4.19. The van der Waals surface area contributed by atoms with Crippen molar-refractivity contribution in [3.8, 4) is 0 Å². The van der Waals surface area contributed by atoms with E-state index in [1.165, 1.54) is 4.88 Å². The minimum Gasteiger partial charge on any atom is -0.255 e. The van der Waals surface area contributed by atoms with Crippen LogP contribution in [0.15, 0.2) is 75.6 Å². The lowest BCUT2D eigenvalue weighted by molar-refractivity contribution is 0.722. The molecule has 0 amide bonds. The molecular weight excluding hydrogens is 404 g/mol. The summed E-state index contributed by atoms with van der Waals surface area (Å²) in [5, 5.41) is 9.81. The van der Waals surface area contributed by atoms with Crippen LogP contribution in [-0.4, -0.2) is 5.71 Å². The van der Waals surface area contributed by atoms with Crippen molar-refractivity contribution in [3.05, 3.63) is 86.0 Å².